The molecule has 0 aliphatic heterocycles. The van der Waals surface area contributed by atoms with E-state index in [0.717, 1.165) is 6.07 Å². The number of methoxy groups -OCH3 is 1. The Kier molecular flexibility index (Phi) is 6.06. The summed E-state index contributed by atoms with van der Waals surface area (Å²) in [6, 6.07) is 10.3. The van der Waals surface area contributed by atoms with Crippen molar-refractivity contribution in [1.29, 1.82) is 0 Å². The first-order chi connectivity index (χ1) is 9.40. The second-order valence-corrected chi connectivity index (χ2v) is 5.29. The van der Waals surface area contributed by atoms with Gasteiger partial charge in [0.05, 0.1) is 12.0 Å². The molecule has 0 atom stereocenters. The number of anilines is 1. The van der Waals surface area contributed by atoms with Gasteiger partial charge in [0.25, 0.3) is 0 Å². The maximum absolute atomic E-state index is 11.2. The fourth-order valence-electron chi connectivity index (χ4n) is 1.58. The van der Waals surface area contributed by atoms with Crippen LogP contribution in [0.4, 0.5) is 5.69 Å². The van der Waals surface area contributed by atoms with Crippen molar-refractivity contribution < 1.29 is 52.0 Å². The molecule has 0 bridgehead atoms. The fourth-order valence-corrected chi connectivity index (χ4v) is 2.21. The van der Waals surface area contributed by atoms with Crippen molar-refractivity contribution >= 4 is 15.8 Å². The van der Waals surface area contributed by atoms with Crippen LogP contribution in [0.5, 0.6) is 17.2 Å². The minimum atomic E-state index is -4.67. The summed E-state index contributed by atoms with van der Waals surface area (Å²) in [5.41, 5.74) is 5.65. The van der Waals surface area contributed by atoms with Gasteiger partial charge in [-0.05, 0) is 42.5 Å². The van der Waals surface area contributed by atoms with E-state index in [1.54, 1.807) is 24.3 Å². The maximum atomic E-state index is 11.2. The van der Waals surface area contributed by atoms with Gasteiger partial charge in [0.2, 0.25) is 0 Å². The third-order valence-corrected chi connectivity index (χ3v) is 3.38. The predicted octanol–water partition coefficient (Wildman–Crippen LogP) is -1.02. The number of hydrogen-bond acceptors (Lipinski definition) is 6. The van der Waals surface area contributed by atoms with Crippen molar-refractivity contribution in [3.63, 3.8) is 0 Å². The molecular weight excluding hydrogens is 305 g/mol. The van der Waals surface area contributed by atoms with E-state index in [-0.39, 0.29) is 41.0 Å². The second kappa shape index (κ2) is 7.15. The van der Waals surface area contributed by atoms with Crippen LogP contribution in [-0.4, -0.2) is 20.1 Å². The first kappa shape index (κ1) is 17.8. The van der Waals surface area contributed by atoms with Crippen molar-refractivity contribution in [2.45, 2.75) is 4.90 Å². The van der Waals surface area contributed by atoms with Crippen molar-refractivity contribution in [1.82, 2.24) is 0 Å². The van der Waals surface area contributed by atoms with Gasteiger partial charge >= 0.3 is 29.6 Å². The molecule has 2 N–H and O–H groups in total. The van der Waals surface area contributed by atoms with Crippen LogP contribution < -0.4 is 44.8 Å². The van der Waals surface area contributed by atoms with E-state index in [2.05, 4.69) is 0 Å². The van der Waals surface area contributed by atoms with Crippen LogP contribution in [0.15, 0.2) is 47.4 Å². The van der Waals surface area contributed by atoms with Crippen LogP contribution in [0.1, 0.15) is 0 Å². The maximum Gasteiger partial charge on any atom is 1.00 e. The number of nitrogen functional groups attached to an aromatic ring is 1. The smallest absolute Gasteiger partial charge is 0.744 e. The van der Waals surface area contributed by atoms with Crippen LogP contribution in [0, 0.1) is 0 Å². The summed E-state index contributed by atoms with van der Waals surface area (Å²) in [4.78, 5) is -0.492. The number of ether oxygens (including phenoxy) is 2. The van der Waals surface area contributed by atoms with E-state index in [4.69, 9.17) is 15.2 Å². The van der Waals surface area contributed by atoms with Gasteiger partial charge in [-0.3, -0.25) is 0 Å². The molecule has 2 rings (SSSR count). The van der Waals surface area contributed by atoms with E-state index in [0.29, 0.717) is 11.5 Å². The van der Waals surface area contributed by atoms with Crippen LogP contribution in [0.3, 0.4) is 0 Å². The van der Waals surface area contributed by atoms with Gasteiger partial charge in [-0.25, -0.2) is 8.42 Å². The molecule has 21 heavy (non-hydrogen) atoms. The third kappa shape index (κ3) is 4.62. The Morgan fingerprint density at radius 1 is 1.05 bits per heavy atom. The summed E-state index contributed by atoms with van der Waals surface area (Å²) in [5, 5.41) is 0. The minimum Gasteiger partial charge on any atom is -0.744 e. The number of hydrogen-bond donors (Lipinski definition) is 1. The zero-order chi connectivity index (χ0) is 14.8. The molecule has 2 aromatic rings. The monoisotopic (exact) mass is 317 g/mol. The van der Waals surface area contributed by atoms with Gasteiger partial charge in [-0.1, -0.05) is 0 Å². The molecule has 0 aliphatic carbocycles. The van der Waals surface area contributed by atoms with E-state index in [9.17, 15) is 13.0 Å². The zero-order valence-corrected chi connectivity index (χ0v) is 14.4. The number of nitrogens with two attached hydrogens (primary N) is 1. The quantitative estimate of drug-likeness (QED) is 0.440. The summed E-state index contributed by atoms with van der Waals surface area (Å²) < 4.78 is 44.0. The molecule has 8 heteroatoms. The standard InChI is InChI=1S/C13H13NO5S.Na/c1-18-10-3-5-11(6-4-10)19-12-7-2-9(14)8-13(12)20(15,16)17;/h2-8H,14H2,1H3,(H,15,16,17);/q;+1/p-1. The van der Waals surface area contributed by atoms with Gasteiger partial charge in [0.15, 0.2) is 0 Å². The molecule has 0 amide bonds. The van der Waals surface area contributed by atoms with E-state index < -0.39 is 15.0 Å². The Morgan fingerprint density at radius 3 is 2.14 bits per heavy atom. The molecule has 0 spiro atoms. The SMILES string of the molecule is COc1ccc(Oc2ccc(N)cc2S(=O)(=O)[O-])cc1.[Na+]. The van der Waals surface area contributed by atoms with Gasteiger partial charge in [-0.15, -0.1) is 0 Å². The normalized spacial score (nSPS) is 10.6. The number of rotatable bonds is 4. The summed E-state index contributed by atoms with van der Waals surface area (Å²) in [7, 11) is -3.14. The Hall–Kier alpha value is -1.25. The molecule has 2 aromatic carbocycles. The average molecular weight is 317 g/mol. The molecule has 0 radical (unpaired) electrons. The summed E-state index contributed by atoms with van der Waals surface area (Å²) in [6.07, 6.45) is 0. The Labute approximate surface area is 144 Å². The predicted molar refractivity (Wildman–Crippen MR) is 71.9 cm³/mol. The molecule has 6 nitrogen and oxygen atoms in total. The molecule has 0 saturated heterocycles. The number of benzene rings is 2. The first-order valence-electron chi connectivity index (χ1n) is 5.57. The van der Waals surface area contributed by atoms with Crippen molar-refractivity contribution in [3.8, 4) is 17.2 Å². The average Bonchev–Trinajstić information content (AvgIpc) is 2.40. The first-order valence-corrected chi connectivity index (χ1v) is 6.98. The molecule has 0 saturated carbocycles. The van der Waals surface area contributed by atoms with Crippen molar-refractivity contribution in [3.05, 3.63) is 42.5 Å². The topological polar surface area (TPSA) is 102 Å². The van der Waals surface area contributed by atoms with Gasteiger partial charge in [-0.2, -0.15) is 0 Å². The summed E-state index contributed by atoms with van der Waals surface area (Å²) in [5.74, 6) is 0.936. The van der Waals surface area contributed by atoms with E-state index in [1.807, 2.05) is 0 Å². The molecule has 0 heterocycles. The summed E-state index contributed by atoms with van der Waals surface area (Å²) in [6.45, 7) is 0. The zero-order valence-electron chi connectivity index (χ0n) is 11.6. The minimum absolute atomic E-state index is 0. The Balaban J connectivity index is 0.00000220. The van der Waals surface area contributed by atoms with Gasteiger partial charge in [0, 0.05) is 5.69 Å². The largest absolute Gasteiger partial charge is 1.00 e. The van der Waals surface area contributed by atoms with Crippen molar-refractivity contribution in [2.75, 3.05) is 12.8 Å². The van der Waals surface area contributed by atoms with Gasteiger partial charge < -0.3 is 19.8 Å². The second-order valence-electron chi connectivity index (χ2n) is 3.94. The summed E-state index contributed by atoms with van der Waals surface area (Å²) >= 11 is 0. The van der Waals surface area contributed by atoms with Gasteiger partial charge in [0.1, 0.15) is 27.4 Å². The molecule has 0 aromatic heterocycles. The molecule has 0 fully saturated rings. The third-order valence-electron chi connectivity index (χ3n) is 2.52. The molecular formula is C13H12NNaO5S. The Bertz CT molecular complexity index is 716. The molecule has 106 valence electrons. The van der Waals surface area contributed by atoms with E-state index in [1.165, 1.54) is 19.2 Å². The van der Waals surface area contributed by atoms with E-state index >= 15 is 0 Å². The molecule has 0 unspecified atom stereocenters. The van der Waals surface area contributed by atoms with Crippen LogP contribution >= 0.6 is 0 Å². The fraction of sp³-hybridized carbons (Fsp3) is 0.0769. The molecule has 0 aliphatic rings. The van der Waals surface area contributed by atoms with Crippen molar-refractivity contribution in [2.24, 2.45) is 0 Å². The van der Waals surface area contributed by atoms with Crippen LogP contribution in [0.25, 0.3) is 0 Å². The Morgan fingerprint density at radius 2 is 1.62 bits per heavy atom. The van der Waals surface area contributed by atoms with Crippen LogP contribution in [-0.2, 0) is 10.1 Å². The van der Waals surface area contributed by atoms with Crippen LogP contribution in [0.2, 0.25) is 0 Å².